The molecule has 2 aromatic rings. The molecule has 2 atom stereocenters. The maximum atomic E-state index is 3.81. The van der Waals surface area contributed by atoms with Gasteiger partial charge in [0.1, 0.15) is 0 Å². The third kappa shape index (κ3) is 3.19. The minimum Gasteiger partial charge on any atom is -0.309 e. The average Bonchev–Trinajstić information content (AvgIpc) is 2.98. The van der Waals surface area contributed by atoms with E-state index in [-0.39, 0.29) is 0 Å². The smallest absolute Gasteiger partial charge is 0.0462 e. The molecule has 0 bridgehead atoms. The molecule has 1 aliphatic heterocycles. The maximum absolute atomic E-state index is 3.81. The van der Waals surface area contributed by atoms with Crippen molar-refractivity contribution in [3.05, 3.63) is 35.2 Å². The highest BCUT2D eigenvalue weighted by Crippen LogP contribution is 2.37. The first-order chi connectivity index (χ1) is 9.90. The first-order valence-electron chi connectivity index (χ1n) is 7.29. The van der Waals surface area contributed by atoms with Crippen molar-refractivity contribution in [3.8, 4) is 0 Å². The van der Waals surface area contributed by atoms with Gasteiger partial charge < -0.3 is 5.32 Å². The number of hydrogen-bond donors (Lipinski definition) is 1. The molecule has 0 aliphatic carbocycles. The summed E-state index contributed by atoms with van der Waals surface area (Å²) in [5.74, 6) is 3.87. The fourth-order valence-electron chi connectivity index (χ4n) is 2.70. The third-order valence-electron chi connectivity index (χ3n) is 3.67. The van der Waals surface area contributed by atoms with Crippen LogP contribution in [-0.2, 0) is 0 Å². The monoisotopic (exact) mass is 323 g/mol. The van der Waals surface area contributed by atoms with Crippen molar-refractivity contribution in [2.75, 3.05) is 23.8 Å². The van der Waals surface area contributed by atoms with E-state index in [0.717, 1.165) is 6.54 Å². The van der Waals surface area contributed by atoms with Crippen LogP contribution in [0.15, 0.2) is 29.6 Å². The summed E-state index contributed by atoms with van der Waals surface area (Å²) >= 11 is 6.14. The van der Waals surface area contributed by atoms with Crippen LogP contribution in [0.2, 0.25) is 0 Å². The molecule has 20 heavy (non-hydrogen) atoms. The summed E-state index contributed by atoms with van der Waals surface area (Å²) < 4.78 is 1.47. The van der Waals surface area contributed by atoms with Gasteiger partial charge in [-0.3, -0.25) is 0 Å². The van der Waals surface area contributed by atoms with Gasteiger partial charge in [0.15, 0.2) is 0 Å². The van der Waals surface area contributed by atoms with Gasteiger partial charge in [0.05, 0.1) is 0 Å². The molecular formula is C16H21NS3. The van der Waals surface area contributed by atoms with Gasteiger partial charge in [0, 0.05) is 33.3 Å². The summed E-state index contributed by atoms with van der Waals surface area (Å²) in [4.78, 5) is 0. The van der Waals surface area contributed by atoms with Crippen LogP contribution in [0.1, 0.15) is 24.9 Å². The van der Waals surface area contributed by atoms with Crippen molar-refractivity contribution >= 4 is 44.9 Å². The molecule has 0 radical (unpaired) electrons. The average molecular weight is 324 g/mol. The third-order valence-corrected chi connectivity index (χ3v) is 7.52. The molecule has 3 rings (SSSR count). The Hall–Kier alpha value is -0.160. The van der Waals surface area contributed by atoms with Crippen LogP contribution in [0, 0.1) is 0 Å². The zero-order valence-corrected chi connectivity index (χ0v) is 14.3. The van der Waals surface area contributed by atoms with E-state index in [1.165, 1.54) is 39.3 Å². The van der Waals surface area contributed by atoms with Gasteiger partial charge in [-0.1, -0.05) is 25.1 Å². The summed E-state index contributed by atoms with van der Waals surface area (Å²) in [6.07, 6.45) is 1.20. The van der Waals surface area contributed by atoms with Crippen LogP contribution in [-0.4, -0.2) is 29.1 Å². The number of nitrogens with one attached hydrogen (secondary N) is 1. The summed E-state index contributed by atoms with van der Waals surface area (Å²) in [5, 5.41) is 8.12. The Bertz CT molecular complexity index is 545. The van der Waals surface area contributed by atoms with Gasteiger partial charge in [-0.25, -0.2) is 0 Å². The van der Waals surface area contributed by atoms with Gasteiger partial charge in [0.2, 0.25) is 0 Å². The number of benzene rings is 1. The normalized spacial score (nSPS) is 21.1. The van der Waals surface area contributed by atoms with Gasteiger partial charge in [0.25, 0.3) is 0 Å². The minimum atomic E-state index is 0.495. The van der Waals surface area contributed by atoms with Crippen LogP contribution in [0.4, 0.5) is 0 Å². The van der Waals surface area contributed by atoms with Gasteiger partial charge in [-0.05, 0) is 35.4 Å². The molecular weight excluding hydrogens is 302 g/mol. The van der Waals surface area contributed by atoms with E-state index in [1.54, 1.807) is 0 Å². The lowest BCUT2D eigenvalue weighted by molar-refractivity contribution is 0.533. The van der Waals surface area contributed by atoms with Crippen molar-refractivity contribution in [2.24, 2.45) is 0 Å². The Balaban J connectivity index is 1.92. The lowest BCUT2D eigenvalue weighted by Crippen LogP contribution is -2.34. The molecule has 1 aromatic heterocycles. The molecule has 0 amide bonds. The predicted octanol–water partition coefficient (Wildman–Crippen LogP) is 4.79. The highest BCUT2D eigenvalue weighted by molar-refractivity contribution is 8.06. The van der Waals surface area contributed by atoms with Crippen molar-refractivity contribution in [2.45, 2.75) is 24.6 Å². The van der Waals surface area contributed by atoms with E-state index in [2.05, 4.69) is 65.4 Å². The maximum Gasteiger partial charge on any atom is 0.0462 e. The van der Waals surface area contributed by atoms with Crippen LogP contribution >= 0.6 is 34.9 Å². The molecule has 1 aromatic carbocycles. The fraction of sp³-hybridized carbons (Fsp3) is 0.500. The van der Waals surface area contributed by atoms with Gasteiger partial charge >= 0.3 is 0 Å². The topological polar surface area (TPSA) is 12.0 Å². The van der Waals surface area contributed by atoms with Crippen molar-refractivity contribution in [1.82, 2.24) is 5.32 Å². The number of thioether (sulfide) groups is 2. The SMILES string of the molecule is CCCNC(c1cccc2ccsc12)C1CSCCS1. The van der Waals surface area contributed by atoms with Crippen LogP contribution in [0.5, 0.6) is 0 Å². The van der Waals surface area contributed by atoms with Crippen LogP contribution in [0.3, 0.4) is 0 Å². The molecule has 1 aliphatic rings. The molecule has 2 unspecified atom stereocenters. The Morgan fingerprint density at radius 1 is 1.30 bits per heavy atom. The van der Waals surface area contributed by atoms with E-state index in [4.69, 9.17) is 0 Å². The first kappa shape index (κ1) is 14.8. The molecule has 2 heterocycles. The summed E-state index contributed by atoms with van der Waals surface area (Å²) in [6.45, 7) is 3.35. The Labute approximate surface area is 133 Å². The lowest BCUT2D eigenvalue weighted by Gasteiger charge is -2.31. The van der Waals surface area contributed by atoms with Crippen molar-refractivity contribution < 1.29 is 0 Å². The number of thiophene rings is 1. The molecule has 1 fully saturated rings. The summed E-state index contributed by atoms with van der Waals surface area (Å²) in [5.41, 5.74) is 1.51. The van der Waals surface area contributed by atoms with Crippen molar-refractivity contribution in [3.63, 3.8) is 0 Å². The zero-order valence-electron chi connectivity index (χ0n) is 11.8. The van der Waals surface area contributed by atoms with Crippen LogP contribution < -0.4 is 5.32 Å². The fourth-order valence-corrected chi connectivity index (χ4v) is 6.51. The standard InChI is InChI=1S/C16H21NS3/c1-2-7-17-15(14-11-18-9-10-19-14)13-5-3-4-12-6-8-20-16(12)13/h3-6,8,14-15,17H,2,7,9-11H2,1H3. The second-order valence-corrected chi connectivity index (χ2v) is 8.52. The second kappa shape index (κ2) is 7.21. The molecule has 1 N–H and O–H groups in total. The molecule has 4 heteroatoms. The second-order valence-electron chi connectivity index (χ2n) is 5.10. The summed E-state index contributed by atoms with van der Waals surface area (Å²) in [7, 11) is 0. The number of hydrogen-bond acceptors (Lipinski definition) is 4. The van der Waals surface area contributed by atoms with Gasteiger partial charge in [-0.15, -0.1) is 11.3 Å². The Morgan fingerprint density at radius 2 is 2.25 bits per heavy atom. The Kier molecular flexibility index (Phi) is 5.32. The first-order valence-corrected chi connectivity index (χ1v) is 10.4. The molecule has 0 spiro atoms. The summed E-state index contributed by atoms with van der Waals surface area (Å²) in [6, 6.07) is 9.51. The predicted molar refractivity (Wildman–Crippen MR) is 96.4 cm³/mol. The van der Waals surface area contributed by atoms with Crippen molar-refractivity contribution in [1.29, 1.82) is 0 Å². The Morgan fingerprint density at radius 3 is 3.05 bits per heavy atom. The van der Waals surface area contributed by atoms with E-state index < -0.39 is 0 Å². The lowest BCUT2D eigenvalue weighted by atomic mass is 10.0. The quantitative estimate of drug-likeness (QED) is 0.849. The molecule has 1 saturated heterocycles. The zero-order chi connectivity index (χ0) is 13.8. The van der Waals surface area contributed by atoms with Crippen LogP contribution in [0.25, 0.3) is 10.1 Å². The highest BCUT2D eigenvalue weighted by atomic mass is 32.2. The van der Waals surface area contributed by atoms with E-state index >= 15 is 0 Å². The van der Waals surface area contributed by atoms with Gasteiger partial charge in [-0.2, -0.15) is 23.5 Å². The minimum absolute atomic E-state index is 0.495. The largest absolute Gasteiger partial charge is 0.309 e. The highest BCUT2D eigenvalue weighted by Gasteiger charge is 2.26. The molecule has 108 valence electrons. The number of fused-ring (bicyclic) bond motifs is 1. The number of rotatable bonds is 5. The van der Waals surface area contributed by atoms with E-state index in [0.29, 0.717) is 11.3 Å². The van der Waals surface area contributed by atoms with E-state index in [1.807, 2.05) is 11.3 Å². The molecule has 0 saturated carbocycles. The van der Waals surface area contributed by atoms with E-state index in [9.17, 15) is 0 Å². The molecule has 1 nitrogen and oxygen atoms in total.